The van der Waals surface area contributed by atoms with Crippen molar-refractivity contribution >= 4 is 16.7 Å². The summed E-state index contributed by atoms with van der Waals surface area (Å²) in [6, 6.07) is 17.7. The number of phenols is 1. The first-order chi connectivity index (χ1) is 13.8. The Labute approximate surface area is 163 Å². The summed E-state index contributed by atoms with van der Waals surface area (Å²) in [7, 11) is 0. The van der Waals surface area contributed by atoms with Gasteiger partial charge in [0.15, 0.2) is 5.82 Å². The third kappa shape index (κ3) is 3.05. The maximum absolute atomic E-state index is 9.83. The van der Waals surface area contributed by atoms with Gasteiger partial charge in [-0.3, -0.25) is 4.98 Å². The van der Waals surface area contributed by atoms with Crippen molar-refractivity contribution in [3.63, 3.8) is 0 Å². The molecule has 0 saturated heterocycles. The minimum Gasteiger partial charge on any atom is -0.508 e. The SMILES string of the molecule is Oc1ccc2c(c1)CCN(c1nc(-c3ccncc3)nc3ccccc13)CC2. The molecule has 1 aliphatic heterocycles. The van der Waals surface area contributed by atoms with Crippen molar-refractivity contribution in [1.29, 1.82) is 0 Å². The second-order valence-electron chi connectivity index (χ2n) is 7.06. The summed E-state index contributed by atoms with van der Waals surface area (Å²) in [4.78, 5) is 16.2. The van der Waals surface area contributed by atoms with E-state index in [0.717, 1.165) is 54.0 Å². The Kier molecular flexibility index (Phi) is 4.13. The van der Waals surface area contributed by atoms with Crippen LogP contribution in [-0.4, -0.2) is 33.1 Å². The molecule has 4 aromatic rings. The lowest BCUT2D eigenvalue weighted by molar-refractivity contribution is 0.474. The van der Waals surface area contributed by atoms with Crippen molar-refractivity contribution < 1.29 is 5.11 Å². The monoisotopic (exact) mass is 368 g/mol. The third-order valence-corrected chi connectivity index (χ3v) is 5.31. The van der Waals surface area contributed by atoms with Crippen molar-refractivity contribution in [3.8, 4) is 17.1 Å². The molecule has 0 bridgehead atoms. The molecule has 28 heavy (non-hydrogen) atoms. The number of fused-ring (bicyclic) bond motifs is 2. The van der Waals surface area contributed by atoms with Gasteiger partial charge in [-0.25, -0.2) is 9.97 Å². The summed E-state index contributed by atoms with van der Waals surface area (Å²) >= 11 is 0. The lowest BCUT2D eigenvalue weighted by Crippen LogP contribution is -2.27. The van der Waals surface area contributed by atoms with Crippen molar-refractivity contribution in [2.75, 3.05) is 18.0 Å². The average Bonchev–Trinajstić information content (AvgIpc) is 2.96. The minimum atomic E-state index is 0.333. The fraction of sp³-hybridized carbons (Fsp3) is 0.174. The van der Waals surface area contributed by atoms with Crippen LogP contribution in [0.25, 0.3) is 22.3 Å². The summed E-state index contributed by atoms with van der Waals surface area (Å²) in [5.74, 6) is 2.02. The molecule has 0 fully saturated rings. The second-order valence-corrected chi connectivity index (χ2v) is 7.06. The third-order valence-electron chi connectivity index (χ3n) is 5.31. The van der Waals surface area contributed by atoms with Gasteiger partial charge in [-0.15, -0.1) is 0 Å². The van der Waals surface area contributed by atoms with Crippen molar-refractivity contribution in [3.05, 3.63) is 78.1 Å². The van der Waals surface area contributed by atoms with E-state index in [1.807, 2.05) is 42.5 Å². The Morgan fingerprint density at radius 1 is 0.821 bits per heavy atom. The van der Waals surface area contributed by atoms with Gasteiger partial charge in [0.1, 0.15) is 11.6 Å². The van der Waals surface area contributed by atoms with E-state index in [9.17, 15) is 5.11 Å². The number of hydrogen-bond donors (Lipinski definition) is 1. The molecule has 5 heteroatoms. The molecule has 0 aliphatic carbocycles. The average molecular weight is 368 g/mol. The first-order valence-corrected chi connectivity index (χ1v) is 9.51. The van der Waals surface area contributed by atoms with Crippen LogP contribution in [0.15, 0.2) is 67.0 Å². The van der Waals surface area contributed by atoms with Gasteiger partial charge in [0.25, 0.3) is 0 Å². The molecule has 0 unspecified atom stereocenters. The molecule has 1 N–H and O–H groups in total. The van der Waals surface area contributed by atoms with Crippen molar-refractivity contribution in [1.82, 2.24) is 15.0 Å². The van der Waals surface area contributed by atoms with E-state index >= 15 is 0 Å². The van der Waals surface area contributed by atoms with Crippen molar-refractivity contribution in [2.24, 2.45) is 0 Å². The highest BCUT2D eigenvalue weighted by atomic mass is 16.3. The number of rotatable bonds is 2. The number of aromatic nitrogens is 3. The smallest absolute Gasteiger partial charge is 0.162 e. The van der Waals surface area contributed by atoms with Crippen LogP contribution in [0.3, 0.4) is 0 Å². The number of anilines is 1. The van der Waals surface area contributed by atoms with Crippen LogP contribution in [0.1, 0.15) is 11.1 Å². The second kappa shape index (κ2) is 6.93. The normalized spacial score (nSPS) is 13.9. The Hall–Kier alpha value is -3.47. The van der Waals surface area contributed by atoms with Crippen LogP contribution in [0.2, 0.25) is 0 Å². The summed E-state index contributed by atoms with van der Waals surface area (Å²) in [6.07, 6.45) is 5.34. The molecular weight excluding hydrogens is 348 g/mol. The maximum atomic E-state index is 9.83. The number of phenolic OH excluding ortho intramolecular Hbond substituents is 1. The van der Waals surface area contributed by atoms with Crippen LogP contribution in [0, 0.1) is 0 Å². The molecular formula is C23H20N4O. The van der Waals surface area contributed by atoms with Gasteiger partial charge in [0.2, 0.25) is 0 Å². The molecule has 2 aromatic heterocycles. The largest absolute Gasteiger partial charge is 0.508 e. The fourth-order valence-corrected chi connectivity index (χ4v) is 3.85. The highest BCUT2D eigenvalue weighted by Crippen LogP contribution is 2.29. The predicted molar refractivity (Wildman–Crippen MR) is 110 cm³/mol. The van der Waals surface area contributed by atoms with E-state index in [4.69, 9.17) is 9.97 Å². The standard InChI is InChI=1S/C23H20N4O/c28-19-6-5-16-9-13-27(14-10-18(16)15-19)23-20-3-1-2-4-21(20)25-22(26-23)17-7-11-24-12-8-17/h1-8,11-12,15,28H,9-10,13-14H2. The summed E-state index contributed by atoms with van der Waals surface area (Å²) < 4.78 is 0. The molecule has 1 aliphatic rings. The molecule has 5 nitrogen and oxygen atoms in total. The number of pyridine rings is 1. The molecule has 138 valence electrons. The van der Waals surface area contributed by atoms with E-state index < -0.39 is 0 Å². The Balaban J connectivity index is 1.58. The molecule has 0 atom stereocenters. The van der Waals surface area contributed by atoms with Crippen LogP contribution >= 0.6 is 0 Å². The van der Waals surface area contributed by atoms with Gasteiger partial charge in [0, 0.05) is 36.4 Å². The van der Waals surface area contributed by atoms with Gasteiger partial charge >= 0.3 is 0 Å². The number of para-hydroxylation sites is 1. The highest BCUT2D eigenvalue weighted by molar-refractivity contribution is 5.91. The quantitative estimate of drug-likeness (QED) is 0.579. The Morgan fingerprint density at radius 3 is 2.46 bits per heavy atom. The van der Waals surface area contributed by atoms with Gasteiger partial charge in [0.05, 0.1) is 5.52 Å². The lowest BCUT2D eigenvalue weighted by Gasteiger charge is -2.23. The van der Waals surface area contributed by atoms with Crippen LogP contribution in [-0.2, 0) is 12.8 Å². The zero-order valence-corrected chi connectivity index (χ0v) is 15.4. The van der Waals surface area contributed by atoms with Gasteiger partial charge < -0.3 is 10.0 Å². The number of aromatic hydroxyl groups is 1. The van der Waals surface area contributed by atoms with Gasteiger partial charge in [-0.2, -0.15) is 0 Å². The molecule has 3 heterocycles. The van der Waals surface area contributed by atoms with Crippen LogP contribution in [0.4, 0.5) is 5.82 Å². The number of hydrogen-bond acceptors (Lipinski definition) is 5. The maximum Gasteiger partial charge on any atom is 0.162 e. The predicted octanol–water partition coefficient (Wildman–Crippen LogP) is 4.00. The molecule has 5 rings (SSSR count). The van der Waals surface area contributed by atoms with Crippen LogP contribution in [0.5, 0.6) is 5.75 Å². The van der Waals surface area contributed by atoms with Crippen molar-refractivity contribution in [2.45, 2.75) is 12.8 Å². The number of benzene rings is 2. The van der Waals surface area contributed by atoms with E-state index in [1.54, 1.807) is 18.5 Å². The first-order valence-electron chi connectivity index (χ1n) is 9.51. The first kappa shape index (κ1) is 16.7. The molecule has 2 aromatic carbocycles. The molecule has 0 spiro atoms. The topological polar surface area (TPSA) is 62.1 Å². The highest BCUT2D eigenvalue weighted by Gasteiger charge is 2.19. The Morgan fingerprint density at radius 2 is 1.61 bits per heavy atom. The van der Waals surface area contributed by atoms with E-state index in [-0.39, 0.29) is 0 Å². The van der Waals surface area contributed by atoms with Crippen LogP contribution < -0.4 is 4.90 Å². The van der Waals surface area contributed by atoms with Gasteiger partial charge in [-0.1, -0.05) is 18.2 Å². The molecule has 0 amide bonds. The lowest BCUT2D eigenvalue weighted by atomic mass is 10.0. The summed E-state index contributed by atoms with van der Waals surface area (Å²) in [6.45, 7) is 1.74. The van der Waals surface area contributed by atoms with Gasteiger partial charge in [-0.05, 0) is 60.4 Å². The van der Waals surface area contributed by atoms with E-state index in [0.29, 0.717) is 5.75 Å². The molecule has 0 saturated carbocycles. The zero-order valence-electron chi connectivity index (χ0n) is 15.4. The number of nitrogens with zero attached hydrogens (tertiary/aromatic N) is 4. The Bertz CT molecular complexity index is 1140. The molecule has 0 radical (unpaired) electrons. The minimum absolute atomic E-state index is 0.333. The zero-order chi connectivity index (χ0) is 18.9. The van der Waals surface area contributed by atoms with E-state index in [1.165, 1.54) is 11.1 Å². The van der Waals surface area contributed by atoms with E-state index in [2.05, 4.69) is 16.0 Å². The summed E-state index contributed by atoms with van der Waals surface area (Å²) in [5, 5.41) is 10.9. The fourth-order valence-electron chi connectivity index (χ4n) is 3.85. The summed E-state index contributed by atoms with van der Waals surface area (Å²) in [5.41, 5.74) is 4.42.